The molecule has 0 aliphatic rings. The highest BCUT2D eigenvalue weighted by atomic mass is 15.0. The maximum Gasteiger partial charge on any atom is 0.0620 e. The molecule has 9 aromatic rings. The highest BCUT2D eigenvalue weighted by molar-refractivity contribution is 6.19. The zero-order valence-electron chi connectivity index (χ0n) is 22.8. The summed E-state index contributed by atoms with van der Waals surface area (Å²) in [6, 6.07) is 50.3. The van der Waals surface area contributed by atoms with Gasteiger partial charge in [-0.2, -0.15) is 0 Å². The summed E-state index contributed by atoms with van der Waals surface area (Å²) in [5.74, 6) is 0. The van der Waals surface area contributed by atoms with E-state index in [1.54, 1.807) is 0 Å². The van der Waals surface area contributed by atoms with E-state index in [1.165, 1.54) is 54.6 Å². The van der Waals surface area contributed by atoms with Crippen LogP contribution in [0.4, 0.5) is 0 Å². The zero-order valence-corrected chi connectivity index (χ0v) is 22.8. The van der Waals surface area contributed by atoms with Crippen molar-refractivity contribution in [2.24, 2.45) is 0 Å². The molecule has 3 nitrogen and oxygen atoms in total. The minimum absolute atomic E-state index is 1.14. The van der Waals surface area contributed by atoms with Crippen LogP contribution in [0.5, 0.6) is 0 Å². The van der Waals surface area contributed by atoms with Gasteiger partial charge in [-0.05, 0) is 47.2 Å². The van der Waals surface area contributed by atoms with Crippen molar-refractivity contribution in [3.63, 3.8) is 0 Å². The van der Waals surface area contributed by atoms with Crippen LogP contribution in [0.2, 0.25) is 0 Å². The number of hydrogen-bond donors (Lipinski definition) is 0. The molecule has 0 saturated carbocycles. The Labute approximate surface area is 242 Å². The summed E-state index contributed by atoms with van der Waals surface area (Å²) >= 11 is 0. The Balaban J connectivity index is 1.45. The SMILES string of the molecule is c1ccc(-n2c3ccncc3c3cccc(-c4cccc5c6ccccc6n(-c6ccc7ccccc7c6)c45)c32)cc1. The first-order chi connectivity index (χ1) is 20.9. The summed E-state index contributed by atoms with van der Waals surface area (Å²) in [6.45, 7) is 0. The molecule has 0 amide bonds. The molecule has 0 unspecified atom stereocenters. The standard InChI is InChI=1S/C39H25N3/c1-2-12-28(13-3-1)41-37-22-23-40-25-35(37)34-18-9-17-33(39(34)41)32-16-8-15-31-30-14-6-7-19-36(30)42(38(31)32)29-21-20-26-10-4-5-11-27(26)24-29/h1-25H. The van der Waals surface area contributed by atoms with Crippen LogP contribution in [-0.2, 0) is 0 Å². The second-order valence-electron chi connectivity index (χ2n) is 10.9. The van der Waals surface area contributed by atoms with E-state index in [2.05, 4.69) is 154 Å². The van der Waals surface area contributed by atoms with Gasteiger partial charge in [-0.15, -0.1) is 0 Å². The number of benzene rings is 6. The van der Waals surface area contributed by atoms with Crippen molar-refractivity contribution in [2.75, 3.05) is 0 Å². The molecule has 3 aromatic heterocycles. The van der Waals surface area contributed by atoms with Crippen molar-refractivity contribution in [1.29, 1.82) is 0 Å². The Kier molecular flexibility index (Phi) is 4.90. The van der Waals surface area contributed by atoms with Gasteiger partial charge in [0.05, 0.1) is 22.1 Å². The topological polar surface area (TPSA) is 22.8 Å². The average Bonchev–Trinajstić information content (AvgIpc) is 3.58. The third-order valence-corrected chi connectivity index (χ3v) is 8.58. The molecule has 42 heavy (non-hydrogen) atoms. The van der Waals surface area contributed by atoms with E-state index >= 15 is 0 Å². The molecule has 0 spiro atoms. The van der Waals surface area contributed by atoms with Crippen LogP contribution in [0.25, 0.3) is 76.9 Å². The van der Waals surface area contributed by atoms with Gasteiger partial charge in [0.25, 0.3) is 0 Å². The molecule has 3 heteroatoms. The van der Waals surface area contributed by atoms with Crippen molar-refractivity contribution >= 4 is 54.4 Å². The zero-order chi connectivity index (χ0) is 27.6. The highest BCUT2D eigenvalue weighted by Crippen LogP contribution is 2.43. The number of pyridine rings is 1. The third-order valence-electron chi connectivity index (χ3n) is 8.58. The Morgan fingerprint density at radius 1 is 0.405 bits per heavy atom. The van der Waals surface area contributed by atoms with Crippen molar-refractivity contribution < 1.29 is 0 Å². The maximum absolute atomic E-state index is 4.51. The lowest BCUT2D eigenvalue weighted by atomic mass is 9.99. The molecule has 0 bridgehead atoms. The molecule has 6 aromatic carbocycles. The number of fused-ring (bicyclic) bond motifs is 7. The third kappa shape index (κ3) is 3.25. The van der Waals surface area contributed by atoms with Gasteiger partial charge in [-0.1, -0.05) is 103 Å². The highest BCUT2D eigenvalue weighted by Gasteiger charge is 2.21. The van der Waals surface area contributed by atoms with Gasteiger partial charge < -0.3 is 9.13 Å². The molecule has 0 fully saturated rings. The molecule has 0 aliphatic carbocycles. The molecule has 3 heterocycles. The average molecular weight is 536 g/mol. The number of hydrogen-bond acceptors (Lipinski definition) is 1. The molecular weight excluding hydrogens is 510 g/mol. The number of nitrogens with zero attached hydrogens (tertiary/aromatic N) is 3. The second-order valence-corrected chi connectivity index (χ2v) is 10.9. The molecule has 0 saturated heterocycles. The summed E-state index contributed by atoms with van der Waals surface area (Å²) in [7, 11) is 0. The summed E-state index contributed by atoms with van der Waals surface area (Å²) in [4.78, 5) is 4.51. The van der Waals surface area contributed by atoms with E-state index < -0.39 is 0 Å². The fraction of sp³-hybridized carbons (Fsp3) is 0. The number of aromatic nitrogens is 3. The first-order valence-corrected chi connectivity index (χ1v) is 14.3. The molecule has 0 aliphatic heterocycles. The minimum Gasteiger partial charge on any atom is -0.309 e. The van der Waals surface area contributed by atoms with Crippen LogP contribution in [-0.4, -0.2) is 14.1 Å². The molecule has 0 N–H and O–H groups in total. The number of para-hydroxylation sites is 4. The lowest BCUT2D eigenvalue weighted by Crippen LogP contribution is -1.98. The predicted molar refractivity (Wildman–Crippen MR) is 176 cm³/mol. The molecular formula is C39H25N3. The predicted octanol–water partition coefficient (Wildman–Crippen LogP) is 10.1. The van der Waals surface area contributed by atoms with Crippen LogP contribution >= 0.6 is 0 Å². The van der Waals surface area contributed by atoms with Gasteiger partial charge >= 0.3 is 0 Å². The quantitative estimate of drug-likeness (QED) is 0.221. The van der Waals surface area contributed by atoms with Crippen molar-refractivity contribution in [2.45, 2.75) is 0 Å². The summed E-state index contributed by atoms with van der Waals surface area (Å²) in [5, 5.41) is 7.33. The summed E-state index contributed by atoms with van der Waals surface area (Å²) in [6.07, 6.45) is 3.88. The van der Waals surface area contributed by atoms with E-state index in [0.29, 0.717) is 0 Å². The van der Waals surface area contributed by atoms with Gasteiger partial charge in [0.1, 0.15) is 0 Å². The number of rotatable bonds is 3. The van der Waals surface area contributed by atoms with Crippen LogP contribution < -0.4 is 0 Å². The monoisotopic (exact) mass is 535 g/mol. The minimum atomic E-state index is 1.14. The van der Waals surface area contributed by atoms with Gasteiger partial charge in [-0.3, -0.25) is 4.98 Å². The van der Waals surface area contributed by atoms with Gasteiger partial charge in [-0.25, -0.2) is 0 Å². The van der Waals surface area contributed by atoms with Crippen LogP contribution in [0.1, 0.15) is 0 Å². The molecule has 0 atom stereocenters. The Hall–Kier alpha value is -5.67. The first kappa shape index (κ1) is 23.1. The first-order valence-electron chi connectivity index (χ1n) is 14.3. The fourth-order valence-corrected chi connectivity index (χ4v) is 6.79. The lowest BCUT2D eigenvalue weighted by Gasteiger charge is -2.15. The van der Waals surface area contributed by atoms with Crippen molar-refractivity contribution in [3.05, 3.63) is 152 Å². The Bertz CT molecular complexity index is 2460. The van der Waals surface area contributed by atoms with Crippen LogP contribution in [0, 0.1) is 0 Å². The van der Waals surface area contributed by atoms with Crippen molar-refractivity contribution in [1.82, 2.24) is 14.1 Å². The van der Waals surface area contributed by atoms with E-state index in [4.69, 9.17) is 0 Å². The summed E-state index contributed by atoms with van der Waals surface area (Å²) < 4.78 is 4.84. The lowest BCUT2D eigenvalue weighted by molar-refractivity contribution is 1.17. The second kappa shape index (κ2) is 8.92. The molecule has 196 valence electrons. The van der Waals surface area contributed by atoms with E-state index in [1.807, 2.05) is 12.4 Å². The van der Waals surface area contributed by atoms with Gasteiger partial charge in [0.2, 0.25) is 0 Å². The van der Waals surface area contributed by atoms with Crippen molar-refractivity contribution in [3.8, 4) is 22.5 Å². The Morgan fingerprint density at radius 2 is 1.02 bits per heavy atom. The Morgan fingerprint density at radius 3 is 1.83 bits per heavy atom. The fourth-order valence-electron chi connectivity index (χ4n) is 6.79. The normalized spacial score (nSPS) is 11.8. The van der Waals surface area contributed by atoms with Gasteiger partial charge in [0.15, 0.2) is 0 Å². The van der Waals surface area contributed by atoms with E-state index in [-0.39, 0.29) is 0 Å². The van der Waals surface area contributed by atoms with E-state index in [0.717, 1.165) is 22.3 Å². The smallest absolute Gasteiger partial charge is 0.0620 e. The largest absolute Gasteiger partial charge is 0.309 e. The van der Waals surface area contributed by atoms with Crippen LogP contribution in [0.3, 0.4) is 0 Å². The maximum atomic E-state index is 4.51. The van der Waals surface area contributed by atoms with Gasteiger partial charge in [0, 0.05) is 56.4 Å². The molecule has 9 rings (SSSR count). The molecule has 0 radical (unpaired) electrons. The van der Waals surface area contributed by atoms with E-state index in [9.17, 15) is 0 Å². The summed E-state index contributed by atoms with van der Waals surface area (Å²) in [5.41, 5.74) is 9.46. The van der Waals surface area contributed by atoms with Crippen LogP contribution in [0.15, 0.2) is 152 Å².